The monoisotopic (exact) mass is 302 g/mol. The highest BCUT2D eigenvalue weighted by atomic mass is 16.6. The lowest BCUT2D eigenvalue weighted by molar-refractivity contribution is 0.270. The molecule has 2 heterocycles. The molecule has 3 rings (SSSR count). The Morgan fingerprint density at radius 3 is 2.36 bits per heavy atom. The van der Waals surface area contributed by atoms with Crippen molar-refractivity contribution in [1.29, 1.82) is 0 Å². The second-order valence-electron chi connectivity index (χ2n) is 7.90. The van der Waals surface area contributed by atoms with Crippen LogP contribution in [0.3, 0.4) is 0 Å². The van der Waals surface area contributed by atoms with Gasteiger partial charge in [0.05, 0.1) is 23.4 Å². The molecule has 1 aliphatic carbocycles. The predicted octanol–water partition coefficient (Wildman–Crippen LogP) is 5.10. The van der Waals surface area contributed by atoms with E-state index in [1.807, 2.05) is 0 Å². The largest absolute Gasteiger partial charge is 0.366 e. The average molecular weight is 302 g/mol. The van der Waals surface area contributed by atoms with Gasteiger partial charge in [-0.25, -0.2) is 0 Å². The Kier molecular flexibility index (Phi) is 4.11. The smallest absolute Gasteiger partial charge is 0.0923 e. The second-order valence-corrected chi connectivity index (χ2v) is 7.90. The maximum absolute atomic E-state index is 6.01. The van der Waals surface area contributed by atoms with E-state index in [2.05, 4.69) is 46.4 Å². The molecule has 2 nitrogen and oxygen atoms in total. The minimum atomic E-state index is 0.0676. The number of allylic oxidation sites excluding steroid dienone is 5. The average Bonchev–Trinajstić information content (AvgIpc) is 3.30. The van der Waals surface area contributed by atoms with Crippen molar-refractivity contribution in [2.75, 3.05) is 0 Å². The van der Waals surface area contributed by atoms with Gasteiger partial charge in [-0.2, -0.15) is 0 Å². The minimum absolute atomic E-state index is 0.0676. The van der Waals surface area contributed by atoms with E-state index in [0.29, 0.717) is 12.2 Å². The maximum Gasteiger partial charge on any atom is 0.0923 e. The van der Waals surface area contributed by atoms with E-state index in [1.54, 1.807) is 0 Å². The highest BCUT2D eigenvalue weighted by Crippen LogP contribution is 2.49. The number of hydrogen-bond acceptors (Lipinski definition) is 2. The van der Waals surface area contributed by atoms with E-state index in [0.717, 1.165) is 38.5 Å². The zero-order valence-electron chi connectivity index (χ0n) is 14.6. The van der Waals surface area contributed by atoms with E-state index in [9.17, 15) is 0 Å². The van der Waals surface area contributed by atoms with Crippen LogP contribution in [-0.4, -0.2) is 23.4 Å². The Balaban J connectivity index is 1.75. The molecule has 0 saturated carbocycles. The molecule has 0 radical (unpaired) electrons. The maximum atomic E-state index is 6.01. The molecular weight excluding hydrogens is 272 g/mol. The third kappa shape index (κ3) is 3.38. The molecule has 4 atom stereocenters. The van der Waals surface area contributed by atoms with Crippen molar-refractivity contribution in [1.82, 2.24) is 0 Å². The molecule has 122 valence electrons. The number of epoxide rings is 2. The Hall–Kier alpha value is -0.860. The molecule has 4 unspecified atom stereocenters. The van der Waals surface area contributed by atoms with Crippen molar-refractivity contribution in [3.63, 3.8) is 0 Å². The van der Waals surface area contributed by atoms with Crippen molar-refractivity contribution in [3.05, 3.63) is 35.5 Å². The Morgan fingerprint density at radius 2 is 1.68 bits per heavy atom. The topological polar surface area (TPSA) is 25.1 Å². The molecule has 22 heavy (non-hydrogen) atoms. The number of fused-ring (bicyclic) bond motifs is 2. The van der Waals surface area contributed by atoms with Crippen molar-refractivity contribution in [2.24, 2.45) is 0 Å². The van der Waals surface area contributed by atoms with E-state index in [4.69, 9.17) is 9.47 Å². The van der Waals surface area contributed by atoms with Gasteiger partial charge in [-0.05, 0) is 71.8 Å². The molecule has 0 spiro atoms. The van der Waals surface area contributed by atoms with E-state index >= 15 is 0 Å². The van der Waals surface area contributed by atoms with E-state index in [-0.39, 0.29) is 11.2 Å². The standard InChI is InChI=1S/C20H30O2/c1-14(2)16-8-6-15(3)7-9-17-20(5,21-17)13-11-18-19(4,22-18)12-10-16/h6,8,17-18H,1,7,9-13H2,2-5H3/b15-6+,16-8+. The Bertz CT molecular complexity index is 530. The normalized spacial score (nSPS) is 46.9. The van der Waals surface area contributed by atoms with Gasteiger partial charge in [-0.3, -0.25) is 0 Å². The number of rotatable bonds is 1. The highest BCUT2D eigenvalue weighted by Gasteiger charge is 2.56. The first-order valence-electron chi connectivity index (χ1n) is 8.70. The summed E-state index contributed by atoms with van der Waals surface area (Å²) >= 11 is 0. The van der Waals surface area contributed by atoms with Crippen LogP contribution in [0, 0.1) is 0 Å². The molecule has 0 bridgehead atoms. The summed E-state index contributed by atoms with van der Waals surface area (Å²) in [6, 6.07) is 0. The molecule has 2 aliphatic heterocycles. The molecule has 0 aromatic heterocycles. The first-order valence-corrected chi connectivity index (χ1v) is 8.70. The molecule has 0 amide bonds. The summed E-state index contributed by atoms with van der Waals surface area (Å²) in [7, 11) is 0. The molecule has 0 aromatic rings. The fourth-order valence-electron chi connectivity index (χ4n) is 3.67. The third-order valence-electron chi connectivity index (χ3n) is 5.78. The van der Waals surface area contributed by atoms with Crippen molar-refractivity contribution in [2.45, 2.75) is 89.6 Å². The molecule has 2 saturated heterocycles. The van der Waals surface area contributed by atoms with Gasteiger partial charge in [0.15, 0.2) is 0 Å². The number of ether oxygens (including phenoxy) is 2. The van der Waals surface area contributed by atoms with Crippen molar-refractivity contribution < 1.29 is 9.47 Å². The summed E-state index contributed by atoms with van der Waals surface area (Å²) < 4.78 is 12.0. The lowest BCUT2D eigenvalue weighted by Gasteiger charge is -2.12. The van der Waals surface area contributed by atoms with Gasteiger partial charge in [0.1, 0.15) is 0 Å². The zero-order valence-corrected chi connectivity index (χ0v) is 14.6. The molecule has 3 aliphatic rings. The SMILES string of the molecule is C=C(C)/C1=C/C=C(\C)CCC2OC2(C)CCC2OC2(C)CC1. The second kappa shape index (κ2) is 5.65. The van der Waals surface area contributed by atoms with Crippen LogP contribution < -0.4 is 0 Å². The van der Waals surface area contributed by atoms with Crippen LogP contribution in [0.15, 0.2) is 35.5 Å². The van der Waals surface area contributed by atoms with Crippen LogP contribution >= 0.6 is 0 Å². The predicted molar refractivity (Wildman–Crippen MR) is 90.9 cm³/mol. The third-order valence-corrected chi connectivity index (χ3v) is 5.78. The lowest BCUT2D eigenvalue weighted by Crippen LogP contribution is -2.15. The molecule has 0 aromatic carbocycles. The van der Waals surface area contributed by atoms with Gasteiger partial charge in [0.25, 0.3) is 0 Å². The summed E-state index contributed by atoms with van der Waals surface area (Å²) in [5.74, 6) is 0. The van der Waals surface area contributed by atoms with Gasteiger partial charge in [0, 0.05) is 0 Å². The van der Waals surface area contributed by atoms with Crippen LogP contribution in [-0.2, 0) is 9.47 Å². The van der Waals surface area contributed by atoms with Gasteiger partial charge in [-0.15, -0.1) is 0 Å². The molecular formula is C20H30O2. The van der Waals surface area contributed by atoms with Crippen LogP contribution in [0.25, 0.3) is 0 Å². The quantitative estimate of drug-likeness (QED) is 0.629. The Morgan fingerprint density at radius 1 is 1.05 bits per heavy atom. The fraction of sp³-hybridized carbons (Fsp3) is 0.700. The van der Waals surface area contributed by atoms with Gasteiger partial charge < -0.3 is 9.47 Å². The van der Waals surface area contributed by atoms with Gasteiger partial charge in [0.2, 0.25) is 0 Å². The fourth-order valence-corrected chi connectivity index (χ4v) is 3.67. The molecule has 2 fully saturated rings. The first kappa shape index (κ1) is 16.0. The van der Waals surface area contributed by atoms with Crippen LogP contribution in [0.5, 0.6) is 0 Å². The van der Waals surface area contributed by atoms with Crippen molar-refractivity contribution in [3.8, 4) is 0 Å². The van der Waals surface area contributed by atoms with E-state index < -0.39 is 0 Å². The summed E-state index contributed by atoms with van der Waals surface area (Å²) in [5, 5.41) is 0. The Labute approximate surface area is 135 Å². The highest BCUT2D eigenvalue weighted by molar-refractivity contribution is 5.31. The first-order chi connectivity index (χ1) is 10.3. The van der Waals surface area contributed by atoms with Crippen LogP contribution in [0.1, 0.15) is 66.2 Å². The molecule has 2 heteroatoms. The summed E-state index contributed by atoms with van der Waals surface area (Å²) in [5.41, 5.74) is 4.14. The minimum Gasteiger partial charge on any atom is -0.366 e. The van der Waals surface area contributed by atoms with Crippen LogP contribution in [0.4, 0.5) is 0 Å². The molecule has 0 N–H and O–H groups in total. The van der Waals surface area contributed by atoms with Gasteiger partial charge >= 0.3 is 0 Å². The van der Waals surface area contributed by atoms with Crippen molar-refractivity contribution >= 4 is 0 Å². The van der Waals surface area contributed by atoms with Gasteiger partial charge in [-0.1, -0.05) is 29.9 Å². The summed E-state index contributed by atoms with van der Waals surface area (Å²) in [4.78, 5) is 0. The van der Waals surface area contributed by atoms with Crippen LogP contribution in [0.2, 0.25) is 0 Å². The van der Waals surface area contributed by atoms with E-state index in [1.165, 1.54) is 16.7 Å². The number of hydrogen-bond donors (Lipinski definition) is 0. The lowest BCUT2D eigenvalue weighted by atomic mass is 9.90. The zero-order chi connectivity index (χ0) is 16.0. The summed E-state index contributed by atoms with van der Waals surface area (Å²) in [6.45, 7) is 13.0. The summed E-state index contributed by atoms with van der Waals surface area (Å²) in [6.07, 6.45) is 12.0.